The third kappa shape index (κ3) is 2.51. The Morgan fingerprint density at radius 1 is 1.57 bits per heavy atom. The van der Waals surface area contributed by atoms with Gasteiger partial charge >= 0.3 is 5.97 Å². The maximum absolute atomic E-state index is 11.7. The molecule has 1 aromatic carbocycles. The van der Waals surface area contributed by atoms with Crippen molar-refractivity contribution in [2.45, 2.75) is 25.8 Å². The molecule has 0 unspecified atom stereocenters. The van der Waals surface area contributed by atoms with Crippen LogP contribution in [0.25, 0.3) is 0 Å². The summed E-state index contributed by atoms with van der Waals surface area (Å²) in [6.45, 7) is 2.19. The summed E-state index contributed by atoms with van der Waals surface area (Å²) in [5, 5.41) is 10.3. The van der Waals surface area contributed by atoms with Gasteiger partial charge in [0.25, 0.3) is 0 Å². The molecule has 0 amide bonds. The lowest BCUT2D eigenvalue weighted by atomic mass is 9.81. The van der Waals surface area contributed by atoms with Crippen LogP contribution in [0.15, 0.2) is 18.2 Å². The molecule has 1 aromatic rings. The fourth-order valence-electron chi connectivity index (χ4n) is 3.89. The van der Waals surface area contributed by atoms with Gasteiger partial charge < -0.3 is 9.84 Å². The molecule has 5 heteroatoms. The highest BCUT2D eigenvalue weighted by molar-refractivity contribution is 6.31. The predicted molar refractivity (Wildman–Crippen MR) is 80.7 cm³/mol. The first-order chi connectivity index (χ1) is 10.0. The van der Waals surface area contributed by atoms with Gasteiger partial charge in [0.05, 0.1) is 12.5 Å². The zero-order valence-electron chi connectivity index (χ0n) is 12.1. The summed E-state index contributed by atoms with van der Waals surface area (Å²) in [6, 6.07) is 5.66. The molecule has 0 spiro atoms. The van der Waals surface area contributed by atoms with Crippen molar-refractivity contribution in [3.63, 3.8) is 0 Å². The second-order valence-corrected chi connectivity index (χ2v) is 6.58. The van der Waals surface area contributed by atoms with Crippen molar-refractivity contribution in [1.29, 1.82) is 0 Å². The number of carboxylic acids is 1. The van der Waals surface area contributed by atoms with Gasteiger partial charge in [-0.1, -0.05) is 24.1 Å². The van der Waals surface area contributed by atoms with E-state index in [0.717, 1.165) is 37.1 Å². The van der Waals surface area contributed by atoms with E-state index in [-0.39, 0.29) is 5.92 Å². The number of hydrogen-bond donors (Lipinski definition) is 1. The van der Waals surface area contributed by atoms with Crippen LogP contribution in [0.2, 0.25) is 5.02 Å². The van der Waals surface area contributed by atoms with E-state index in [1.807, 2.05) is 12.1 Å². The Morgan fingerprint density at radius 3 is 3.00 bits per heavy atom. The molecular weight excluding hydrogens is 290 g/mol. The lowest BCUT2D eigenvalue weighted by Crippen LogP contribution is -2.35. The van der Waals surface area contributed by atoms with Crippen LogP contribution in [-0.4, -0.2) is 36.2 Å². The highest BCUT2D eigenvalue weighted by Crippen LogP contribution is 2.49. The zero-order valence-corrected chi connectivity index (χ0v) is 12.9. The lowest BCUT2D eigenvalue weighted by Gasteiger charge is -2.23. The molecule has 1 N–H and O–H groups in total. The van der Waals surface area contributed by atoms with Crippen LogP contribution in [-0.2, 0) is 11.3 Å². The number of halogens is 1. The van der Waals surface area contributed by atoms with E-state index in [1.165, 1.54) is 0 Å². The Bertz CT molecular complexity index is 562. The summed E-state index contributed by atoms with van der Waals surface area (Å²) in [5.74, 6) is 0.393. The Kier molecular flexibility index (Phi) is 3.84. The number of aliphatic carboxylic acids is 1. The number of methoxy groups -OCH3 is 1. The first-order valence-corrected chi connectivity index (χ1v) is 7.71. The summed E-state index contributed by atoms with van der Waals surface area (Å²) < 4.78 is 5.15. The van der Waals surface area contributed by atoms with Gasteiger partial charge in [0, 0.05) is 24.7 Å². The van der Waals surface area contributed by atoms with Gasteiger partial charge in [-0.15, -0.1) is 0 Å². The monoisotopic (exact) mass is 309 g/mol. The van der Waals surface area contributed by atoms with Crippen LogP contribution in [0.3, 0.4) is 0 Å². The van der Waals surface area contributed by atoms with Crippen molar-refractivity contribution in [2.75, 3.05) is 20.2 Å². The standard InChI is InChI=1S/C16H20ClNO3/c1-21-13-5-4-11(14(17)7-13)8-18-9-12-3-2-6-16(12,10-18)15(19)20/h4-5,7,12H,2-3,6,8-10H2,1H3,(H,19,20)/t12-,16+/m0/s1. The summed E-state index contributed by atoms with van der Waals surface area (Å²) in [6.07, 6.45) is 2.87. The molecule has 1 saturated heterocycles. The normalized spacial score (nSPS) is 28.6. The van der Waals surface area contributed by atoms with Crippen molar-refractivity contribution in [1.82, 2.24) is 4.90 Å². The minimum atomic E-state index is -0.631. The summed E-state index contributed by atoms with van der Waals surface area (Å²) in [4.78, 5) is 13.9. The summed E-state index contributed by atoms with van der Waals surface area (Å²) >= 11 is 6.28. The SMILES string of the molecule is COc1ccc(CN2C[C@@H]3CCC[C@@]3(C(=O)O)C2)c(Cl)c1. The van der Waals surface area contributed by atoms with Gasteiger partial charge in [0.15, 0.2) is 0 Å². The largest absolute Gasteiger partial charge is 0.497 e. The Labute approximate surface area is 129 Å². The van der Waals surface area contributed by atoms with Crippen molar-refractivity contribution < 1.29 is 14.6 Å². The van der Waals surface area contributed by atoms with Gasteiger partial charge in [0.1, 0.15) is 5.75 Å². The highest BCUT2D eigenvalue weighted by Gasteiger charge is 2.54. The minimum Gasteiger partial charge on any atom is -0.497 e. The van der Waals surface area contributed by atoms with Crippen LogP contribution in [0.5, 0.6) is 5.75 Å². The quantitative estimate of drug-likeness (QED) is 0.929. The minimum absolute atomic E-state index is 0.284. The molecule has 21 heavy (non-hydrogen) atoms. The van der Waals surface area contributed by atoms with E-state index in [1.54, 1.807) is 13.2 Å². The Morgan fingerprint density at radius 2 is 2.38 bits per heavy atom. The summed E-state index contributed by atoms with van der Waals surface area (Å²) in [5.41, 5.74) is 0.497. The Hall–Kier alpha value is -1.26. The number of likely N-dealkylation sites (tertiary alicyclic amines) is 1. The average molecular weight is 310 g/mol. The van der Waals surface area contributed by atoms with Gasteiger partial charge in [0.2, 0.25) is 0 Å². The molecule has 0 bridgehead atoms. The van der Waals surface area contributed by atoms with E-state index in [2.05, 4.69) is 4.90 Å². The second-order valence-electron chi connectivity index (χ2n) is 6.18. The first kappa shape index (κ1) is 14.7. The third-order valence-corrected chi connectivity index (χ3v) is 5.37. The van der Waals surface area contributed by atoms with E-state index in [0.29, 0.717) is 18.1 Å². The third-order valence-electron chi connectivity index (χ3n) is 5.02. The van der Waals surface area contributed by atoms with Gasteiger partial charge in [-0.05, 0) is 36.5 Å². The number of fused-ring (bicyclic) bond motifs is 1. The van der Waals surface area contributed by atoms with E-state index in [9.17, 15) is 9.90 Å². The van der Waals surface area contributed by atoms with Crippen molar-refractivity contribution in [2.24, 2.45) is 11.3 Å². The maximum Gasteiger partial charge on any atom is 0.311 e. The molecule has 1 aliphatic carbocycles. The fraction of sp³-hybridized carbons (Fsp3) is 0.562. The fourth-order valence-corrected chi connectivity index (χ4v) is 4.12. The molecule has 114 valence electrons. The number of ether oxygens (including phenoxy) is 1. The van der Waals surface area contributed by atoms with Crippen molar-refractivity contribution in [3.05, 3.63) is 28.8 Å². The highest BCUT2D eigenvalue weighted by atomic mass is 35.5. The number of benzene rings is 1. The van der Waals surface area contributed by atoms with Crippen LogP contribution >= 0.6 is 11.6 Å². The van der Waals surface area contributed by atoms with Gasteiger partial charge in [-0.25, -0.2) is 0 Å². The topological polar surface area (TPSA) is 49.8 Å². The van der Waals surface area contributed by atoms with Crippen LogP contribution < -0.4 is 4.74 Å². The number of carboxylic acid groups (broad SMARTS) is 1. The zero-order chi connectivity index (χ0) is 15.0. The average Bonchev–Trinajstić information content (AvgIpc) is 2.98. The molecule has 4 nitrogen and oxygen atoms in total. The van der Waals surface area contributed by atoms with E-state index >= 15 is 0 Å². The smallest absolute Gasteiger partial charge is 0.311 e. The molecule has 1 heterocycles. The van der Waals surface area contributed by atoms with E-state index in [4.69, 9.17) is 16.3 Å². The predicted octanol–water partition coefficient (Wildman–Crippen LogP) is 3.04. The number of carbonyl (C=O) groups is 1. The van der Waals surface area contributed by atoms with Crippen molar-refractivity contribution >= 4 is 17.6 Å². The molecule has 2 aliphatic rings. The molecule has 3 rings (SSSR count). The first-order valence-electron chi connectivity index (χ1n) is 7.33. The Balaban J connectivity index is 1.74. The van der Waals surface area contributed by atoms with Crippen molar-refractivity contribution in [3.8, 4) is 5.75 Å². The van der Waals surface area contributed by atoms with Crippen LogP contribution in [0, 0.1) is 11.3 Å². The van der Waals surface area contributed by atoms with Gasteiger partial charge in [-0.3, -0.25) is 9.69 Å². The molecular formula is C16H20ClNO3. The molecule has 0 radical (unpaired) electrons. The number of rotatable bonds is 4. The molecule has 2 atom stereocenters. The van der Waals surface area contributed by atoms with Crippen LogP contribution in [0.4, 0.5) is 0 Å². The molecule has 1 aliphatic heterocycles. The van der Waals surface area contributed by atoms with Crippen LogP contribution in [0.1, 0.15) is 24.8 Å². The molecule has 0 aromatic heterocycles. The van der Waals surface area contributed by atoms with Gasteiger partial charge in [-0.2, -0.15) is 0 Å². The maximum atomic E-state index is 11.7. The number of hydrogen-bond acceptors (Lipinski definition) is 3. The number of nitrogens with zero attached hydrogens (tertiary/aromatic N) is 1. The van der Waals surface area contributed by atoms with E-state index < -0.39 is 11.4 Å². The summed E-state index contributed by atoms with van der Waals surface area (Å²) in [7, 11) is 1.61. The second kappa shape index (κ2) is 5.50. The molecule has 2 fully saturated rings. The lowest BCUT2D eigenvalue weighted by molar-refractivity contribution is -0.149. The molecule has 1 saturated carbocycles.